The van der Waals surface area contributed by atoms with Gasteiger partial charge < -0.3 is 14.4 Å². The zero-order valence-corrected chi connectivity index (χ0v) is 18.6. The van der Waals surface area contributed by atoms with Crippen LogP contribution >= 0.6 is 11.6 Å². The molecular formula is C23H20ClF3N4O3. The van der Waals surface area contributed by atoms with Crippen LogP contribution in [-0.2, 0) is 6.18 Å². The van der Waals surface area contributed by atoms with Crippen molar-refractivity contribution in [2.45, 2.75) is 31.5 Å². The first-order valence-electron chi connectivity index (χ1n) is 10.8. The Hall–Kier alpha value is -3.27. The SMILES string of the molecule is O=c1c(Cl)c(N2CCC[C@H]2c2ccc3c(c2)OCCCO3)cnn1-c1ccc(C(F)(F)F)cn1. The highest BCUT2D eigenvalue weighted by atomic mass is 35.5. The first kappa shape index (κ1) is 22.5. The molecule has 7 nitrogen and oxygen atoms in total. The van der Waals surface area contributed by atoms with Crippen LogP contribution in [0.5, 0.6) is 11.5 Å². The maximum Gasteiger partial charge on any atom is 0.417 e. The zero-order chi connectivity index (χ0) is 23.9. The average molecular weight is 493 g/mol. The van der Waals surface area contributed by atoms with E-state index in [1.54, 1.807) is 0 Å². The largest absolute Gasteiger partial charge is 0.490 e. The van der Waals surface area contributed by atoms with Crippen molar-refractivity contribution in [3.63, 3.8) is 0 Å². The second-order valence-electron chi connectivity index (χ2n) is 8.07. The van der Waals surface area contributed by atoms with Gasteiger partial charge in [0.15, 0.2) is 17.3 Å². The van der Waals surface area contributed by atoms with Gasteiger partial charge in [-0.2, -0.15) is 23.0 Å². The number of anilines is 1. The summed E-state index contributed by atoms with van der Waals surface area (Å²) in [7, 11) is 0. The predicted octanol–water partition coefficient (Wildman–Crippen LogP) is 4.80. The summed E-state index contributed by atoms with van der Waals surface area (Å²) in [6.07, 6.45) is 0.128. The number of rotatable bonds is 3. The molecular weight excluding hydrogens is 473 g/mol. The van der Waals surface area contributed by atoms with Crippen LogP contribution in [0, 0.1) is 0 Å². The molecule has 34 heavy (non-hydrogen) atoms. The number of halogens is 4. The van der Waals surface area contributed by atoms with E-state index >= 15 is 0 Å². The van der Waals surface area contributed by atoms with Crippen LogP contribution in [0.25, 0.3) is 5.82 Å². The molecule has 0 N–H and O–H groups in total. The molecule has 1 fully saturated rings. The monoisotopic (exact) mass is 492 g/mol. The van der Waals surface area contributed by atoms with Crippen molar-refractivity contribution < 1.29 is 22.6 Å². The lowest BCUT2D eigenvalue weighted by Gasteiger charge is -2.28. The van der Waals surface area contributed by atoms with E-state index in [0.717, 1.165) is 41.6 Å². The van der Waals surface area contributed by atoms with Gasteiger partial charge in [-0.1, -0.05) is 17.7 Å². The van der Waals surface area contributed by atoms with E-state index < -0.39 is 17.3 Å². The van der Waals surface area contributed by atoms with Gasteiger partial charge in [0.25, 0.3) is 5.56 Å². The highest BCUT2D eigenvalue weighted by Crippen LogP contribution is 2.41. The predicted molar refractivity (Wildman–Crippen MR) is 119 cm³/mol. The van der Waals surface area contributed by atoms with Gasteiger partial charge in [0, 0.05) is 19.2 Å². The quantitative estimate of drug-likeness (QED) is 0.523. The Balaban J connectivity index is 1.45. The van der Waals surface area contributed by atoms with Gasteiger partial charge >= 0.3 is 6.18 Å². The summed E-state index contributed by atoms with van der Waals surface area (Å²) in [6, 6.07) is 7.71. The second kappa shape index (κ2) is 8.83. The second-order valence-corrected chi connectivity index (χ2v) is 8.45. The van der Waals surface area contributed by atoms with Crippen molar-refractivity contribution in [1.82, 2.24) is 14.8 Å². The number of hydrogen-bond donors (Lipinski definition) is 0. The molecule has 0 aliphatic carbocycles. The molecule has 1 atom stereocenters. The van der Waals surface area contributed by atoms with Gasteiger partial charge in [-0.15, -0.1) is 0 Å². The Morgan fingerprint density at radius 1 is 1.03 bits per heavy atom. The fourth-order valence-electron chi connectivity index (χ4n) is 4.26. The fraction of sp³-hybridized carbons (Fsp3) is 0.348. The van der Waals surface area contributed by atoms with E-state index in [9.17, 15) is 18.0 Å². The first-order chi connectivity index (χ1) is 16.3. The van der Waals surface area contributed by atoms with Gasteiger partial charge in [-0.3, -0.25) is 4.79 Å². The molecule has 1 saturated heterocycles. The number of ether oxygens (including phenoxy) is 2. The molecule has 0 saturated carbocycles. The fourth-order valence-corrected chi connectivity index (χ4v) is 4.49. The minimum absolute atomic E-state index is 0.0455. The number of benzene rings is 1. The molecule has 2 aromatic heterocycles. The number of pyridine rings is 1. The van der Waals surface area contributed by atoms with Crippen LogP contribution in [0.1, 0.15) is 36.4 Å². The molecule has 0 radical (unpaired) electrons. The lowest BCUT2D eigenvalue weighted by atomic mass is 10.0. The molecule has 0 unspecified atom stereocenters. The van der Waals surface area contributed by atoms with Crippen molar-refractivity contribution >= 4 is 17.3 Å². The molecule has 0 spiro atoms. The van der Waals surface area contributed by atoms with E-state index in [-0.39, 0.29) is 16.9 Å². The molecule has 2 aliphatic heterocycles. The molecule has 5 rings (SSSR count). The highest BCUT2D eigenvalue weighted by molar-refractivity contribution is 6.33. The van der Waals surface area contributed by atoms with Gasteiger partial charge in [0.1, 0.15) is 5.02 Å². The average Bonchev–Trinajstić information content (AvgIpc) is 3.18. The molecule has 1 aromatic carbocycles. The van der Waals surface area contributed by atoms with Crippen molar-refractivity contribution in [3.05, 3.63) is 69.2 Å². The standard InChI is InChI=1S/C23H20ClF3N4O3/c24-21-17(13-29-31(22(21)32)20-7-5-15(12-28-20)23(25,26)27)30-8-1-3-16(30)14-4-6-18-19(11-14)34-10-2-9-33-18/h4-7,11-13,16H,1-3,8-10H2/t16-/m0/s1. The summed E-state index contributed by atoms with van der Waals surface area (Å²) in [6.45, 7) is 1.85. The van der Waals surface area contributed by atoms with Crippen molar-refractivity contribution in [1.29, 1.82) is 0 Å². The van der Waals surface area contributed by atoms with Gasteiger partial charge in [-0.25, -0.2) is 4.98 Å². The molecule has 0 amide bonds. The maximum atomic E-state index is 12.9. The summed E-state index contributed by atoms with van der Waals surface area (Å²) in [5.74, 6) is 1.35. The third kappa shape index (κ3) is 4.18. The summed E-state index contributed by atoms with van der Waals surface area (Å²) in [4.78, 5) is 18.7. The number of hydrogen-bond acceptors (Lipinski definition) is 6. The number of nitrogens with zero attached hydrogens (tertiary/aromatic N) is 4. The summed E-state index contributed by atoms with van der Waals surface area (Å²) < 4.78 is 50.9. The Bertz CT molecular complexity index is 1260. The maximum absolute atomic E-state index is 12.9. The van der Waals surface area contributed by atoms with Crippen LogP contribution < -0.4 is 19.9 Å². The Labute approximate surface area is 197 Å². The number of aromatic nitrogens is 3. The summed E-state index contributed by atoms with van der Waals surface area (Å²) in [5.41, 5.74) is -0.103. The van der Waals surface area contributed by atoms with E-state index in [4.69, 9.17) is 21.1 Å². The minimum Gasteiger partial charge on any atom is -0.490 e. The topological polar surface area (TPSA) is 69.5 Å². The Kier molecular flexibility index (Phi) is 5.85. The Morgan fingerprint density at radius 3 is 2.56 bits per heavy atom. The van der Waals surface area contributed by atoms with Crippen molar-refractivity contribution in [3.8, 4) is 17.3 Å². The van der Waals surface area contributed by atoms with E-state index in [0.29, 0.717) is 43.1 Å². The van der Waals surface area contributed by atoms with Gasteiger partial charge in [-0.05, 0) is 42.7 Å². The van der Waals surface area contributed by atoms with Crippen LogP contribution in [0.2, 0.25) is 5.02 Å². The van der Waals surface area contributed by atoms with Crippen LogP contribution in [0.4, 0.5) is 18.9 Å². The summed E-state index contributed by atoms with van der Waals surface area (Å²) in [5, 5.41) is 4.07. The molecule has 178 valence electrons. The summed E-state index contributed by atoms with van der Waals surface area (Å²) >= 11 is 6.45. The van der Waals surface area contributed by atoms with Crippen LogP contribution in [0.3, 0.4) is 0 Å². The van der Waals surface area contributed by atoms with Crippen LogP contribution in [0.15, 0.2) is 47.5 Å². The smallest absolute Gasteiger partial charge is 0.417 e. The highest BCUT2D eigenvalue weighted by Gasteiger charge is 2.32. The zero-order valence-electron chi connectivity index (χ0n) is 17.9. The normalized spacial score (nSPS) is 18.1. The number of alkyl halides is 3. The lowest BCUT2D eigenvalue weighted by molar-refractivity contribution is -0.137. The first-order valence-corrected chi connectivity index (χ1v) is 11.2. The number of fused-ring (bicyclic) bond motifs is 1. The van der Waals surface area contributed by atoms with Crippen molar-refractivity contribution in [2.24, 2.45) is 0 Å². The van der Waals surface area contributed by atoms with E-state index in [2.05, 4.69) is 10.1 Å². The minimum atomic E-state index is -4.52. The molecule has 3 aromatic rings. The van der Waals surface area contributed by atoms with E-state index in [1.165, 1.54) is 6.20 Å². The van der Waals surface area contributed by atoms with Crippen molar-refractivity contribution in [2.75, 3.05) is 24.7 Å². The van der Waals surface area contributed by atoms with Gasteiger partial charge in [0.2, 0.25) is 0 Å². The van der Waals surface area contributed by atoms with Crippen LogP contribution in [-0.4, -0.2) is 34.5 Å². The molecule has 0 bridgehead atoms. The molecule has 2 aliphatic rings. The third-order valence-corrected chi connectivity index (χ3v) is 6.27. The molecule has 4 heterocycles. The van der Waals surface area contributed by atoms with Gasteiger partial charge in [0.05, 0.1) is 36.7 Å². The third-order valence-electron chi connectivity index (χ3n) is 5.91. The lowest BCUT2D eigenvalue weighted by Crippen LogP contribution is -2.29. The van der Waals surface area contributed by atoms with E-state index in [1.807, 2.05) is 23.1 Å². The molecule has 11 heteroatoms. The Morgan fingerprint density at radius 2 is 1.82 bits per heavy atom.